The summed E-state index contributed by atoms with van der Waals surface area (Å²) in [5.41, 5.74) is 0.0769. The number of nitrogens with one attached hydrogen (secondary N) is 2. The van der Waals surface area contributed by atoms with Crippen molar-refractivity contribution in [2.45, 2.75) is 38.6 Å². The van der Waals surface area contributed by atoms with Crippen molar-refractivity contribution in [1.29, 1.82) is 0 Å². The molecule has 0 saturated carbocycles. The van der Waals surface area contributed by atoms with E-state index in [-0.39, 0.29) is 11.4 Å². The lowest BCUT2D eigenvalue weighted by molar-refractivity contribution is -0.121. The minimum Gasteiger partial charge on any atom is -0.359 e. The van der Waals surface area contributed by atoms with Gasteiger partial charge in [0.25, 0.3) is 0 Å². The number of nitrogens with zero attached hydrogens (tertiary/aromatic N) is 3. The first kappa shape index (κ1) is 18.7. The first-order valence-corrected chi connectivity index (χ1v) is 8.13. The van der Waals surface area contributed by atoms with E-state index >= 15 is 0 Å². The Bertz CT molecular complexity index is 384. The number of hydrogen-bond acceptors (Lipinski definition) is 3. The minimum atomic E-state index is 0.0769. The summed E-state index contributed by atoms with van der Waals surface area (Å²) in [5, 5.41) is 6.19. The molecule has 6 nitrogen and oxygen atoms in total. The number of hydrogen-bond donors (Lipinski definition) is 2. The summed E-state index contributed by atoms with van der Waals surface area (Å²) in [6, 6.07) is 0. The third-order valence-electron chi connectivity index (χ3n) is 4.77. The molecule has 128 valence electrons. The Morgan fingerprint density at radius 2 is 1.91 bits per heavy atom. The number of carbonyl (C=O) groups is 1. The summed E-state index contributed by atoms with van der Waals surface area (Å²) < 4.78 is 0. The van der Waals surface area contributed by atoms with E-state index < -0.39 is 0 Å². The SMILES string of the molecule is CN=C(NCC(C)(C)N(C)C)N1CCC(CC(=O)NC)CC1. The number of piperidine rings is 1. The lowest BCUT2D eigenvalue weighted by atomic mass is 9.93. The second-order valence-electron chi connectivity index (χ2n) is 6.92. The van der Waals surface area contributed by atoms with E-state index in [1.165, 1.54) is 0 Å². The van der Waals surface area contributed by atoms with Crippen LogP contribution in [0.25, 0.3) is 0 Å². The van der Waals surface area contributed by atoms with Crippen molar-refractivity contribution in [2.24, 2.45) is 10.9 Å². The molecular weight excluding hydrogens is 278 g/mol. The summed E-state index contributed by atoms with van der Waals surface area (Å²) in [4.78, 5) is 20.4. The Morgan fingerprint density at radius 1 is 1.32 bits per heavy atom. The van der Waals surface area contributed by atoms with E-state index in [1.807, 2.05) is 7.05 Å². The van der Waals surface area contributed by atoms with Crippen LogP contribution < -0.4 is 10.6 Å². The number of likely N-dealkylation sites (N-methyl/N-ethyl adjacent to an activating group) is 1. The molecule has 22 heavy (non-hydrogen) atoms. The highest BCUT2D eigenvalue weighted by Crippen LogP contribution is 2.20. The summed E-state index contributed by atoms with van der Waals surface area (Å²) in [6.45, 7) is 7.20. The van der Waals surface area contributed by atoms with Crippen molar-refractivity contribution in [3.05, 3.63) is 0 Å². The van der Waals surface area contributed by atoms with E-state index in [0.29, 0.717) is 12.3 Å². The van der Waals surface area contributed by atoms with E-state index in [4.69, 9.17) is 0 Å². The van der Waals surface area contributed by atoms with Crippen LogP contribution in [-0.2, 0) is 4.79 Å². The Labute approximate surface area is 135 Å². The number of rotatable bonds is 5. The highest BCUT2D eigenvalue weighted by molar-refractivity contribution is 5.80. The topological polar surface area (TPSA) is 60.0 Å². The monoisotopic (exact) mass is 311 g/mol. The standard InChI is InChI=1S/C16H33N5O/c1-16(2,20(5)6)12-19-15(18-4)21-9-7-13(8-10-21)11-14(22)17-3/h13H,7-12H2,1-6H3,(H,17,22)(H,18,19). The number of guanidine groups is 1. The van der Waals surface area contributed by atoms with Crippen LogP contribution in [0.1, 0.15) is 33.1 Å². The van der Waals surface area contributed by atoms with Gasteiger partial charge in [0.2, 0.25) is 5.91 Å². The average Bonchev–Trinajstić information content (AvgIpc) is 2.49. The Kier molecular flexibility index (Phi) is 7.13. The quantitative estimate of drug-likeness (QED) is 0.581. The molecule has 2 N–H and O–H groups in total. The third kappa shape index (κ3) is 5.48. The Hall–Kier alpha value is -1.30. The highest BCUT2D eigenvalue weighted by Gasteiger charge is 2.25. The van der Waals surface area contributed by atoms with Crippen molar-refractivity contribution in [2.75, 3.05) is 47.8 Å². The molecule has 1 saturated heterocycles. The molecule has 0 spiro atoms. The maximum Gasteiger partial charge on any atom is 0.220 e. The lowest BCUT2D eigenvalue weighted by Crippen LogP contribution is -2.53. The van der Waals surface area contributed by atoms with E-state index in [0.717, 1.165) is 38.4 Å². The fourth-order valence-electron chi connectivity index (χ4n) is 2.50. The van der Waals surface area contributed by atoms with Crippen molar-refractivity contribution in [3.63, 3.8) is 0 Å². The zero-order valence-electron chi connectivity index (χ0n) is 15.1. The number of likely N-dealkylation sites (tertiary alicyclic amines) is 1. The summed E-state index contributed by atoms with van der Waals surface area (Å²) in [6.07, 6.45) is 2.74. The molecule has 1 rings (SSSR count). The predicted molar refractivity (Wildman–Crippen MR) is 92.1 cm³/mol. The number of carbonyl (C=O) groups excluding carboxylic acids is 1. The van der Waals surface area contributed by atoms with Gasteiger partial charge in [-0.2, -0.15) is 0 Å². The molecule has 0 aromatic heterocycles. The Morgan fingerprint density at radius 3 is 2.36 bits per heavy atom. The van der Waals surface area contributed by atoms with Gasteiger partial charge in [-0.25, -0.2) is 0 Å². The van der Waals surface area contributed by atoms with Crippen molar-refractivity contribution in [1.82, 2.24) is 20.4 Å². The van der Waals surface area contributed by atoms with Crippen LogP contribution in [0.4, 0.5) is 0 Å². The van der Waals surface area contributed by atoms with Gasteiger partial charge in [-0.1, -0.05) is 0 Å². The summed E-state index contributed by atoms with van der Waals surface area (Å²) >= 11 is 0. The van der Waals surface area contributed by atoms with Crippen LogP contribution in [0.3, 0.4) is 0 Å². The maximum atomic E-state index is 11.5. The first-order chi connectivity index (χ1) is 10.3. The van der Waals surface area contributed by atoms with Crippen molar-refractivity contribution in [3.8, 4) is 0 Å². The van der Waals surface area contributed by atoms with Gasteiger partial charge in [0, 0.05) is 45.7 Å². The molecule has 1 amide bonds. The second-order valence-corrected chi connectivity index (χ2v) is 6.92. The maximum absolute atomic E-state index is 11.5. The highest BCUT2D eigenvalue weighted by atomic mass is 16.1. The van der Waals surface area contributed by atoms with Gasteiger partial charge < -0.3 is 20.4 Å². The van der Waals surface area contributed by atoms with Gasteiger partial charge in [0.15, 0.2) is 5.96 Å². The summed E-state index contributed by atoms with van der Waals surface area (Å²) in [7, 11) is 7.72. The smallest absolute Gasteiger partial charge is 0.220 e. The van der Waals surface area contributed by atoms with Crippen molar-refractivity contribution < 1.29 is 4.79 Å². The normalized spacial score (nSPS) is 17.8. The fourth-order valence-corrected chi connectivity index (χ4v) is 2.50. The van der Waals surface area contributed by atoms with E-state index in [9.17, 15) is 4.79 Å². The zero-order chi connectivity index (χ0) is 16.8. The molecule has 0 bridgehead atoms. The lowest BCUT2D eigenvalue weighted by Gasteiger charge is -2.37. The molecular formula is C16H33N5O. The molecule has 1 aliphatic heterocycles. The van der Waals surface area contributed by atoms with Crippen LogP contribution in [0.5, 0.6) is 0 Å². The fraction of sp³-hybridized carbons (Fsp3) is 0.875. The van der Waals surface area contributed by atoms with Gasteiger partial charge in [-0.05, 0) is 46.7 Å². The molecule has 1 aliphatic rings. The van der Waals surface area contributed by atoms with Crippen LogP contribution in [0, 0.1) is 5.92 Å². The van der Waals surface area contributed by atoms with Gasteiger partial charge in [-0.3, -0.25) is 9.79 Å². The van der Waals surface area contributed by atoms with Crippen molar-refractivity contribution >= 4 is 11.9 Å². The minimum absolute atomic E-state index is 0.0769. The van der Waals surface area contributed by atoms with Crippen LogP contribution in [0.2, 0.25) is 0 Å². The van der Waals surface area contributed by atoms with Gasteiger partial charge >= 0.3 is 0 Å². The molecule has 6 heteroatoms. The van der Waals surface area contributed by atoms with Gasteiger partial charge in [0.05, 0.1) is 0 Å². The first-order valence-electron chi connectivity index (χ1n) is 8.13. The Balaban J connectivity index is 2.46. The number of amides is 1. The van der Waals surface area contributed by atoms with Crippen LogP contribution in [0.15, 0.2) is 4.99 Å². The molecule has 0 aliphatic carbocycles. The van der Waals surface area contributed by atoms with Gasteiger partial charge in [0.1, 0.15) is 0 Å². The van der Waals surface area contributed by atoms with E-state index in [1.54, 1.807) is 7.05 Å². The zero-order valence-corrected chi connectivity index (χ0v) is 15.1. The average molecular weight is 311 g/mol. The molecule has 0 unspecified atom stereocenters. The van der Waals surface area contributed by atoms with Crippen LogP contribution >= 0.6 is 0 Å². The van der Waals surface area contributed by atoms with Gasteiger partial charge in [-0.15, -0.1) is 0 Å². The van der Waals surface area contributed by atoms with E-state index in [2.05, 4.69) is 53.4 Å². The largest absolute Gasteiger partial charge is 0.359 e. The molecule has 0 aromatic carbocycles. The molecule has 1 fully saturated rings. The molecule has 0 atom stereocenters. The number of aliphatic imine (C=N–C) groups is 1. The molecule has 0 aromatic rings. The second kappa shape index (κ2) is 8.36. The van der Waals surface area contributed by atoms with Crippen LogP contribution in [-0.4, -0.2) is 75.0 Å². The summed E-state index contributed by atoms with van der Waals surface area (Å²) in [5.74, 6) is 1.61. The predicted octanol–water partition coefficient (Wildman–Crippen LogP) is 0.750. The molecule has 0 radical (unpaired) electrons. The molecule has 1 heterocycles. The third-order valence-corrected chi connectivity index (χ3v) is 4.77.